The number of hydrogen-bond acceptors (Lipinski definition) is 3. The number of piperazine rings is 1. The molecule has 2 amide bonds. The van der Waals surface area contributed by atoms with E-state index in [2.05, 4.69) is 0 Å². The lowest BCUT2D eigenvalue weighted by atomic mass is 10.1. The first-order chi connectivity index (χ1) is 12.6. The number of anilines is 1. The fourth-order valence-corrected chi connectivity index (χ4v) is 3.20. The molecule has 0 N–H and O–H groups in total. The Morgan fingerprint density at radius 2 is 1.81 bits per heavy atom. The zero-order valence-electron chi connectivity index (χ0n) is 15.2. The van der Waals surface area contributed by atoms with Crippen molar-refractivity contribution >= 4 is 17.5 Å². The second-order valence-corrected chi connectivity index (χ2v) is 6.64. The van der Waals surface area contributed by atoms with Gasteiger partial charge in [-0.2, -0.15) is 0 Å². The van der Waals surface area contributed by atoms with Gasteiger partial charge in [0.2, 0.25) is 11.8 Å². The average Bonchev–Trinajstić information content (AvgIpc) is 2.64. The zero-order valence-corrected chi connectivity index (χ0v) is 15.2. The molecule has 1 aliphatic rings. The van der Waals surface area contributed by atoms with Crippen molar-refractivity contribution in [2.45, 2.75) is 26.5 Å². The van der Waals surface area contributed by atoms with Gasteiger partial charge in [-0.15, -0.1) is 0 Å². The molecule has 0 bridgehead atoms. The van der Waals surface area contributed by atoms with Crippen LogP contribution in [-0.4, -0.2) is 42.5 Å². The van der Waals surface area contributed by atoms with Gasteiger partial charge in [-0.25, -0.2) is 0 Å². The molecule has 1 unspecified atom stereocenters. The molecule has 1 aliphatic heterocycles. The van der Waals surface area contributed by atoms with Gasteiger partial charge >= 0.3 is 0 Å². The van der Waals surface area contributed by atoms with Gasteiger partial charge in [0.15, 0.2) is 0 Å². The highest BCUT2D eigenvalue weighted by atomic mass is 16.5. The number of carbonyl (C=O) groups is 2. The molecule has 5 heteroatoms. The standard InChI is InChI=1S/C21H24N2O3/c1-16-8-6-7-11-19(16)23-12-17(2)22(13-20(23)24)21(25)15-26-14-18-9-4-3-5-10-18/h3-11,17H,12-15H2,1-2H3. The van der Waals surface area contributed by atoms with E-state index in [4.69, 9.17) is 4.74 Å². The highest BCUT2D eigenvalue weighted by Gasteiger charge is 2.33. The fraction of sp³-hybridized carbons (Fsp3) is 0.333. The molecule has 0 radical (unpaired) electrons. The van der Waals surface area contributed by atoms with Gasteiger partial charge in [0, 0.05) is 18.3 Å². The summed E-state index contributed by atoms with van der Waals surface area (Å²) in [5.74, 6) is -0.208. The van der Waals surface area contributed by atoms with Crippen molar-refractivity contribution in [3.05, 3.63) is 65.7 Å². The third-order valence-electron chi connectivity index (χ3n) is 4.65. The molecule has 1 saturated heterocycles. The molecule has 136 valence electrons. The fourth-order valence-electron chi connectivity index (χ4n) is 3.20. The Kier molecular flexibility index (Phi) is 5.68. The zero-order chi connectivity index (χ0) is 18.5. The second kappa shape index (κ2) is 8.15. The van der Waals surface area contributed by atoms with E-state index in [0.29, 0.717) is 13.2 Å². The number of ether oxygens (including phenoxy) is 1. The average molecular weight is 352 g/mol. The van der Waals surface area contributed by atoms with Gasteiger partial charge in [-0.1, -0.05) is 48.5 Å². The molecule has 0 aromatic heterocycles. The summed E-state index contributed by atoms with van der Waals surface area (Å²) >= 11 is 0. The molecule has 1 fully saturated rings. The van der Waals surface area contributed by atoms with Crippen LogP contribution < -0.4 is 4.90 Å². The van der Waals surface area contributed by atoms with Crippen molar-refractivity contribution in [2.75, 3.05) is 24.6 Å². The van der Waals surface area contributed by atoms with E-state index in [-0.39, 0.29) is 31.0 Å². The largest absolute Gasteiger partial charge is 0.367 e. The number of rotatable bonds is 5. The van der Waals surface area contributed by atoms with Crippen LogP contribution in [0.15, 0.2) is 54.6 Å². The first kappa shape index (κ1) is 18.1. The van der Waals surface area contributed by atoms with Crippen molar-refractivity contribution in [3.63, 3.8) is 0 Å². The Morgan fingerprint density at radius 1 is 1.12 bits per heavy atom. The van der Waals surface area contributed by atoms with Crippen LogP contribution in [-0.2, 0) is 20.9 Å². The lowest BCUT2D eigenvalue weighted by Crippen LogP contribution is -2.58. The SMILES string of the molecule is Cc1ccccc1N1CC(C)N(C(=O)COCc2ccccc2)CC1=O. The molecule has 0 spiro atoms. The van der Waals surface area contributed by atoms with Gasteiger partial charge < -0.3 is 14.5 Å². The van der Waals surface area contributed by atoms with Crippen LogP contribution in [0.25, 0.3) is 0 Å². The van der Waals surface area contributed by atoms with Gasteiger partial charge in [0.05, 0.1) is 6.61 Å². The molecular formula is C21H24N2O3. The molecule has 0 aliphatic carbocycles. The third kappa shape index (κ3) is 4.11. The topological polar surface area (TPSA) is 49.9 Å². The minimum atomic E-state index is -0.147. The first-order valence-corrected chi connectivity index (χ1v) is 8.83. The molecule has 26 heavy (non-hydrogen) atoms. The van der Waals surface area contributed by atoms with E-state index in [1.165, 1.54) is 0 Å². The minimum absolute atomic E-state index is 0.0170. The molecule has 1 heterocycles. The molecule has 2 aromatic carbocycles. The van der Waals surface area contributed by atoms with Gasteiger partial charge in [0.1, 0.15) is 13.2 Å². The van der Waals surface area contributed by atoms with E-state index < -0.39 is 0 Å². The number of carbonyl (C=O) groups excluding carboxylic acids is 2. The summed E-state index contributed by atoms with van der Waals surface area (Å²) in [6.45, 7) is 4.90. The van der Waals surface area contributed by atoms with Gasteiger partial charge in [-0.05, 0) is 31.0 Å². The summed E-state index contributed by atoms with van der Waals surface area (Å²) in [6, 6.07) is 17.5. The number of amides is 2. The van der Waals surface area contributed by atoms with E-state index >= 15 is 0 Å². The maximum absolute atomic E-state index is 12.6. The number of nitrogens with zero attached hydrogens (tertiary/aromatic N) is 2. The summed E-state index contributed by atoms with van der Waals surface area (Å²) in [5.41, 5.74) is 2.99. The number of benzene rings is 2. The number of aryl methyl sites for hydroxylation is 1. The van der Waals surface area contributed by atoms with Crippen LogP contribution in [0.1, 0.15) is 18.1 Å². The molecule has 1 atom stereocenters. The van der Waals surface area contributed by atoms with Gasteiger partial charge in [0.25, 0.3) is 0 Å². The van der Waals surface area contributed by atoms with Gasteiger partial charge in [-0.3, -0.25) is 9.59 Å². The van der Waals surface area contributed by atoms with Crippen molar-refractivity contribution < 1.29 is 14.3 Å². The number of hydrogen-bond donors (Lipinski definition) is 0. The lowest BCUT2D eigenvalue weighted by Gasteiger charge is -2.39. The summed E-state index contributed by atoms with van der Waals surface area (Å²) in [5, 5.41) is 0. The summed E-state index contributed by atoms with van der Waals surface area (Å²) in [7, 11) is 0. The van der Waals surface area contributed by atoms with Crippen LogP contribution in [0.3, 0.4) is 0 Å². The Hall–Kier alpha value is -2.66. The van der Waals surface area contributed by atoms with Crippen LogP contribution in [0.4, 0.5) is 5.69 Å². The van der Waals surface area contributed by atoms with E-state index in [9.17, 15) is 9.59 Å². The Labute approximate surface area is 154 Å². The third-order valence-corrected chi connectivity index (χ3v) is 4.65. The first-order valence-electron chi connectivity index (χ1n) is 8.83. The summed E-state index contributed by atoms with van der Waals surface area (Å²) < 4.78 is 5.53. The van der Waals surface area contributed by atoms with Crippen LogP contribution in [0.2, 0.25) is 0 Å². The predicted molar refractivity (Wildman–Crippen MR) is 101 cm³/mol. The van der Waals surface area contributed by atoms with E-state index in [0.717, 1.165) is 16.8 Å². The van der Waals surface area contributed by atoms with E-state index in [1.54, 1.807) is 9.80 Å². The summed E-state index contributed by atoms with van der Waals surface area (Å²) in [4.78, 5) is 28.5. The van der Waals surface area contributed by atoms with Crippen molar-refractivity contribution in [3.8, 4) is 0 Å². The minimum Gasteiger partial charge on any atom is -0.367 e. The number of para-hydroxylation sites is 1. The quantitative estimate of drug-likeness (QED) is 0.831. The maximum Gasteiger partial charge on any atom is 0.249 e. The van der Waals surface area contributed by atoms with Crippen LogP contribution in [0.5, 0.6) is 0 Å². The Bertz CT molecular complexity index is 776. The molecule has 0 saturated carbocycles. The second-order valence-electron chi connectivity index (χ2n) is 6.64. The van der Waals surface area contributed by atoms with Crippen molar-refractivity contribution in [2.24, 2.45) is 0 Å². The smallest absolute Gasteiger partial charge is 0.249 e. The summed E-state index contributed by atoms with van der Waals surface area (Å²) in [6.07, 6.45) is 0. The van der Waals surface area contributed by atoms with E-state index in [1.807, 2.05) is 68.4 Å². The highest BCUT2D eigenvalue weighted by molar-refractivity contribution is 5.98. The van der Waals surface area contributed by atoms with Crippen molar-refractivity contribution in [1.82, 2.24) is 4.90 Å². The highest BCUT2D eigenvalue weighted by Crippen LogP contribution is 2.23. The molecule has 2 aromatic rings. The Balaban J connectivity index is 1.58. The predicted octanol–water partition coefficient (Wildman–Crippen LogP) is 2.78. The molecule has 5 nitrogen and oxygen atoms in total. The molecule has 3 rings (SSSR count). The van der Waals surface area contributed by atoms with Crippen molar-refractivity contribution in [1.29, 1.82) is 0 Å². The normalized spacial score (nSPS) is 17.5. The maximum atomic E-state index is 12.6. The molecular weight excluding hydrogens is 328 g/mol. The van der Waals surface area contributed by atoms with Crippen LogP contribution in [0, 0.1) is 6.92 Å². The Morgan fingerprint density at radius 3 is 2.54 bits per heavy atom. The lowest BCUT2D eigenvalue weighted by molar-refractivity contribution is -0.143. The van der Waals surface area contributed by atoms with Crippen LogP contribution >= 0.6 is 0 Å². The monoisotopic (exact) mass is 352 g/mol.